The van der Waals surface area contributed by atoms with Gasteiger partial charge >= 0.3 is 4.87 Å². The van der Waals surface area contributed by atoms with E-state index in [2.05, 4.69) is 42.3 Å². The average Bonchev–Trinajstić information content (AvgIpc) is 2.69. The largest absolute Gasteiger partial charge is 0.314 e. The summed E-state index contributed by atoms with van der Waals surface area (Å²) in [6, 6.07) is 7.48. The van der Waals surface area contributed by atoms with Crippen LogP contribution in [0.5, 0.6) is 0 Å². The maximum absolute atomic E-state index is 11.7. The molecule has 2 aromatic rings. The number of thiazole rings is 1. The molecule has 116 valence electrons. The molecule has 0 aliphatic carbocycles. The van der Waals surface area contributed by atoms with Crippen LogP contribution in [0.2, 0.25) is 0 Å². The van der Waals surface area contributed by atoms with Crippen molar-refractivity contribution in [1.29, 1.82) is 0 Å². The van der Waals surface area contributed by atoms with Crippen molar-refractivity contribution in [2.24, 2.45) is 7.05 Å². The molecule has 1 fully saturated rings. The lowest BCUT2D eigenvalue weighted by Gasteiger charge is -2.39. The van der Waals surface area contributed by atoms with E-state index in [1.165, 1.54) is 16.9 Å². The van der Waals surface area contributed by atoms with Gasteiger partial charge in [-0.25, -0.2) is 0 Å². The van der Waals surface area contributed by atoms with E-state index >= 15 is 0 Å². The third-order valence-electron chi connectivity index (χ3n) is 4.23. The average molecular weight is 328 g/mol. The summed E-state index contributed by atoms with van der Waals surface area (Å²) >= 11 is 1.33. The Bertz CT molecular complexity index is 671. The first kappa shape index (κ1) is 16.5. The lowest BCUT2D eigenvalue weighted by Crippen LogP contribution is -2.54. The second-order valence-corrected chi connectivity index (χ2v) is 6.75. The quantitative estimate of drug-likeness (QED) is 0.919. The van der Waals surface area contributed by atoms with Crippen LogP contribution in [0.15, 0.2) is 23.0 Å². The van der Waals surface area contributed by atoms with Gasteiger partial charge in [0.1, 0.15) is 0 Å². The SMILES string of the molecule is C[C@@H]1CNC[C@H](C)N1Cc1ccc2c(c1)sc(=O)n2C.Cl. The van der Waals surface area contributed by atoms with Crippen LogP contribution in [-0.4, -0.2) is 34.6 Å². The van der Waals surface area contributed by atoms with Crippen molar-refractivity contribution in [1.82, 2.24) is 14.8 Å². The molecular formula is C15H22ClN3OS. The van der Waals surface area contributed by atoms with Crippen molar-refractivity contribution in [2.75, 3.05) is 13.1 Å². The predicted octanol–water partition coefficient (Wildman–Crippen LogP) is 2.20. The van der Waals surface area contributed by atoms with E-state index in [9.17, 15) is 4.79 Å². The zero-order valence-corrected chi connectivity index (χ0v) is 14.3. The molecule has 4 nitrogen and oxygen atoms in total. The summed E-state index contributed by atoms with van der Waals surface area (Å²) in [5.74, 6) is 0. The lowest BCUT2D eigenvalue weighted by atomic mass is 10.1. The van der Waals surface area contributed by atoms with E-state index in [0.717, 1.165) is 29.9 Å². The number of benzene rings is 1. The zero-order valence-electron chi connectivity index (χ0n) is 12.6. The van der Waals surface area contributed by atoms with Crippen molar-refractivity contribution in [2.45, 2.75) is 32.5 Å². The third kappa shape index (κ3) is 3.16. The van der Waals surface area contributed by atoms with E-state index in [1.54, 1.807) is 4.57 Å². The molecule has 1 aliphatic heterocycles. The Balaban J connectivity index is 0.00000161. The van der Waals surface area contributed by atoms with Crippen LogP contribution < -0.4 is 10.2 Å². The number of nitrogens with zero attached hydrogens (tertiary/aromatic N) is 2. The lowest BCUT2D eigenvalue weighted by molar-refractivity contribution is 0.109. The van der Waals surface area contributed by atoms with Crippen molar-refractivity contribution < 1.29 is 0 Å². The third-order valence-corrected chi connectivity index (χ3v) is 5.23. The second kappa shape index (κ2) is 6.48. The van der Waals surface area contributed by atoms with Gasteiger partial charge in [-0.15, -0.1) is 12.4 Å². The normalized spacial score (nSPS) is 23.2. The van der Waals surface area contributed by atoms with E-state index in [0.29, 0.717) is 12.1 Å². The summed E-state index contributed by atoms with van der Waals surface area (Å²) < 4.78 is 2.81. The first-order valence-corrected chi connectivity index (χ1v) is 7.93. The topological polar surface area (TPSA) is 37.3 Å². The molecule has 1 aliphatic rings. The first-order valence-electron chi connectivity index (χ1n) is 7.11. The molecule has 1 N–H and O–H groups in total. The molecule has 0 amide bonds. The van der Waals surface area contributed by atoms with Crippen molar-refractivity contribution in [3.63, 3.8) is 0 Å². The minimum Gasteiger partial charge on any atom is -0.314 e. The van der Waals surface area contributed by atoms with Crippen molar-refractivity contribution in [3.8, 4) is 0 Å². The van der Waals surface area contributed by atoms with Gasteiger partial charge in [0.15, 0.2) is 0 Å². The van der Waals surface area contributed by atoms with Gasteiger partial charge in [0, 0.05) is 38.8 Å². The number of piperazine rings is 1. The number of halogens is 1. The monoisotopic (exact) mass is 327 g/mol. The Morgan fingerprint density at radius 3 is 2.62 bits per heavy atom. The molecule has 0 saturated carbocycles. The Labute approximate surface area is 135 Å². The Morgan fingerprint density at radius 1 is 1.29 bits per heavy atom. The van der Waals surface area contributed by atoms with E-state index in [-0.39, 0.29) is 17.3 Å². The number of aryl methyl sites for hydroxylation is 1. The highest BCUT2D eigenvalue weighted by Gasteiger charge is 2.24. The smallest absolute Gasteiger partial charge is 0.307 e. The second-order valence-electron chi connectivity index (χ2n) is 5.76. The molecule has 1 aromatic carbocycles. The number of aromatic nitrogens is 1. The zero-order chi connectivity index (χ0) is 14.3. The van der Waals surface area contributed by atoms with Gasteiger partial charge in [-0.1, -0.05) is 17.4 Å². The highest BCUT2D eigenvalue weighted by atomic mass is 35.5. The highest BCUT2D eigenvalue weighted by molar-refractivity contribution is 7.16. The number of fused-ring (bicyclic) bond motifs is 1. The van der Waals surface area contributed by atoms with Gasteiger partial charge in [0.2, 0.25) is 0 Å². The predicted molar refractivity (Wildman–Crippen MR) is 91.7 cm³/mol. The van der Waals surface area contributed by atoms with Gasteiger partial charge in [-0.05, 0) is 31.5 Å². The first-order chi connectivity index (χ1) is 9.56. The standard InChI is InChI=1S/C15H21N3OS.ClH/c1-10-7-16-8-11(2)18(10)9-12-4-5-13-14(6-12)20-15(19)17(13)3;/h4-6,10-11,16H,7-9H2,1-3H3;1H/t10-,11+;. The van der Waals surface area contributed by atoms with E-state index in [4.69, 9.17) is 0 Å². The van der Waals surface area contributed by atoms with Crippen LogP contribution in [-0.2, 0) is 13.6 Å². The van der Waals surface area contributed by atoms with Gasteiger partial charge in [-0.3, -0.25) is 9.69 Å². The summed E-state index contributed by atoms with van der Waals surface area (Å²) in [7, 11) is 1.83. The number of rotatable bonds is 2. The summed E-state index contributed by atoms with van der Waals surface area (Å²) in [6.45, 7) is 7.58. The highest BCUT2D eigenvalue weighted by Crippen LogP contribution is 2.21. The minimum absolute atomic E-state index is 0. The Kier molecular flexibility index (Phi) is 5.09. The molecule has 0 spiro atoms. The Hall–Kier alpha value is -0.880. The summed E-state index contributed by atoms with van der Waals surface area (Å²) in [5, 5.41) is 3.46. The molecule has 1 saturated heterocycles. The molecular weight excluding hydrogens is 306 g/mol. The van der Waals surface area contributed by atoms with Gasteiger partial charge < -0.3 is 9.88 Å². The number of hydrogen-bond acceptors (Lipinski definition) is 4. The summed E-state index contributed by atoms with van der Waals surface area (Å²) in [4.78, 5) is 14.3. The molecule has 0 bridgehead atoms. The maximum atomic E-state index is 11.7. The molecule has 2 atom stereocenters. The van der Waals surface area contributed by atoms with Crippen LogP contribution >= 0.6 is 23.7 Å². The van der Waals surface area contributed by atoms with Gasteiger partial charge in [0.25, 0.3) is 0 Å². The van der Waals surface area contributed by atoms with E-state index < -0.39 is 0 Å². The summed E-state index contributed by atoms with van der Waals surface area (Å²) in [6.07, 6.45) is 0. The van der Waals surface area contributed by atoms with Crippen LogP contribution in [0.4, 0.5) is 0 Å². The van der Waals surface area contributed by atoms with Crippen LogP contribution in [0, 0.1) is 0 Å². The minimum atomic E-state index is 0. The van der Waals surface area contributed by atoms with Crippen LogP contribution in [0.3, 0.4) is 0 Å². The Morgan fingerprint density at radius 2 is 1.95 bits per heavy atom. The van der Waals surface area contributed by atoms with Crippen LogP contribution in [0.1, 0.15) is 19.4 Å². The fourth-order valence-corrected chi connectivity index (χ4v) is 3.91. The van der Waals surface area contributed by atoms with Crippen molar-refractivity contribution >= 4 is 34.0 Å². The molecule has 6 heteroatoms. The number of hydrogen-bond donors (Lipinski definition) is 1. The molecule has 0 radical (unpaired) electrons. The summed E-state index contributed by atoms with van der Waals surface area (Å²) in [5.41, 5.74) is 2.32. The fourth-order valence-electron chi connectivity index (χ4n) is 2.97. The number of nitrogens with one attached hydrogen (secondary N) is 1. The van der Waals surface area contributed by atoms with Crippen LogP contribution in [0.25, 0.3) is 10.2 Å². The molecule has 1 aromatic heterocycles. The molecule has 0 unspecified atom stereocenters. The van der Waals surface area contributed by atoms with Gasteiger partial charge in [-0.2, -0.15) is 0 Å². The molecule has 2 heterocycles. The van der Waals surface area contributed by atoms with E-state index in [1.807, 2.05) is 7.05 Å². The molecule has 3 rings (SSSR count). The molecule has 21 heavy (non-hydrogen) atoms. The van der Waals surface area contributed by atoms with Crippen molar-refractivity contribution in [3.05, 3.63) is 33.4 Å². The fraction of sp³-hybridized carbons (Fsp3) is 0.533. The van der Waals surface area contributed by atoms with Gasteiger partial charge in [0.05, 0.1) is 10.2 Å². The maximum Gasteiger partial charge on any atom is 0.307 e.